The number of carbonyl (C=O) groups excluding carboxylic acids is 2. The van der Waals surface area contributed by atoms with E-state index in [1.807, 2.05) is 22.6 Å². The van der Waals surface area contributed by atoms with E-state index < -0.39 is 29.4 Å². The van der Waals surface area contributed by atoms with Crippen LogP contribution in [0.2, 0.25) is 5.02 Å². The van der Waals surface area contributed by atoms with E-state index in [0.717, 1.165) is 0 Å². The Kier molecular flexibility index (Phi) is 8.07. The zero-order valence-corrected chi connectivity index (χ0v) is 22.4. The van der Waals surface area contributed by atoms with Crippen molar-refractivity contribution in [3.63, 3.8) is 0 Å². The van der Waals surface area contributed by atoms with Gasteiger partial charge in [0.1, 0.15) is 5.69 Å². The zero-order chi connectivity index (χ0) is 24.5. The second kappa shape index (κ2) is 10.3. The van der Waals surface area contributed by atoms with Crippen LogP contribution in [0.4, 0.5) is 18.9 Å². The van der Waals surface area contributed by atoms with Gasteiger partial charge in [0, 0.05) is 21.2 Å². The van der Waals surface area contributed by atoms with Gasteiger partial charge in [-0.25, -0.2) is 9.67 Å². The number of carbonyl (C=O) groups is 2. The quantitative estimate of drug-likeness (QED) is 0.186. The average molecular weight is 721 g/mol. The lowest BCUT2D eigenvalue weighted by molar-refractivity contribution is -0.141. The Morgan fingerprint density at radius 2 is 1.91 bits per heavy atom. The number of amides is 2. The second-order valence-corrected chi connectivity index (χ2v) is 10.5. The van der Waals surface area contributed by atoms with Gasteiger partial charge in [0.15, 0.2) is 11.5 Å². The van der Waals surface area contributed by atoms with Crippen molar-refractivity contribution in [1.82, 2.24) is 20.1 Å². The molecule has 3 aromatic rings. The third kappa shape index (κ3) is 6.05. The van der Waals surface area contributed by atoms with Crippen molar-refractivity contribution in [2.75, 3.05) is 5.32 Å². The summed E-state index contributed by atoms with van der Waals surface area (Å²) < 4.78 is 41.4. The van der Waals surface area contributed by atoms with E-state index in [1.54, 1.807) is 13.0 Å². The monoisotopic (exact) mass is 719 g/mol. The molecule has 2 amide bonds. The van der Waals surface area contributed by atoms with Gasteiger partial charge in [0.2, 0.25) is 0 Å². The van der Waals surface area contributed by atoms with E-state index in [4.69, 9.17) is 11.6 Å². The molecule has 33 heavy (non-hydrogen) atoms. The van der Waals surface area contributed by atoms with Crippen LogP contribution in [-0.2, 0) is 6.18 Å². The minimum Gasteiger partial charge on any atom is -0.341 e. The largest absolute Gasteiger partial charge is 0.435 e. The van der Waals surface area contributed by atoms with Crippen LogP contribution in [0.25, 0.3) is 5.82 Å². The molecular weight excluding hydrogens is 709 g/mol. The topological polar surface area (TPSA) is 88.9 Å². The summed E-state index contributed by atoms with van der Waals surface area (Å²) in [5, 5.41) is 8.68. The first kappa shape index (κ1) is 25.9. The molecule has 0 aliphatic heterocycles. The van der Waals surface area contributed by atoms with E-state index >= 15 is 0 Å². The third-order valence-corrected chi connectivity index (χ3v) is 5.73. The van der Waals surface area contributed by atoms with Gasteiger partial charge in [-0.2, -0.15) is 18.3 Å². The van der Waals surface area contributed by atoms with Gasteiger partial charge in [0.25, 0.3) is 11.8 Å². The summed E-state index contributed by atoms with van der Waals surface area (Å²) in [7, 11) is 0. The Morgan fingerprint density at radius 3 is 2.52 bits per heavy atom. The molecule has 1 aromatic carbocycles. The summed E-state index contributed by atoms with van der Waals surface area (Å²) in [6, 6.07) is 6.52. The van der Waals surface area contributed by atoms with Crippen molar-refractivity contribution < 1.29 is 22.8 Å². The molecule has 3 rings (SSSR count). The Balaban J connectivity index is 2.10. The van der Waals surface area contributed by atoms with Crippen molar-refractivity contribution in [3.8, 4) is 5.82 Å². The van der Waals surface area contributed by atoms with Gasteiger partial charge in [-0.15, -0.1) is 0 Å². The summed E-state index contributed by atoms with van der Waals surface area (Å²) in [6.45, 7) is 1.75. The van der Waals surface area contributed by atoms with E-state index in [-0.39, 0.29) is 26.1 Å². The highest BCUT2D eigenvalue weighted by atomic mass is 127. The van der Waals surface area contributed by atoms with Gasteiger partial charge in [0.05, 0.1) is 20.3 Å². The van der Waals surface area contributed by atoms with Gasteiger partial charge >= 0.3 is 6.18 Å². The number of halogens is 7. The van der Waals surface area contributed by atoms with Crippen LogP contribution >= 0.6 is 66.1 Å². The molecule has 0 spiro atoms. The smallest absolute Gasteiger partial charge is 0.341 e. The molecule has 0 aliphatic carbocycles. The van der Waals surface area contributed by atoms with Crippen LogP contribution in [-0.4, -0.2) is 30.6 Å². The van der Waals surface area contributed by atoms with Crippen molar-refractivity contribution >= 4 is 83.6 Å². The molecule has 0 aliphatic rings. The third-order valence-electron chi connectivity index (χ3n) is 4.04. The van der Waals surface area contributed by atoms with Crippen LogP contribution < -0.4 is 10.6 Å². The van der Waals surface area contributed by atoms with Crippen LogP contribution in [0.15, 0.2) is 45.5 Å². The number of hydrogen-bond donors (Lipinski definition) is 2. The summed E-state index contributed by atoms with van der Waals surface area (Å²) in [4.78, 5) is 29.7. The molecule has 0 fully saturated rings. The Morgan fingerprint density at radius 1 is 1.21 bits per heavy atom. The molecule has 0 saturated carbocycles. The van der Waals surface area contributed by atoms with E-state index in [9.17, 15) is 22.8 Å². The minimum atomic E-state index is -4.82. The normalized spacial score (nSPS) is 12.4. The highest BCUT2D eigenvalue weighted by Gasteiger charge is 2.37. The number of nitrogens with one attached hydrogen (secondary N) is 2. The maximum absolute atomic E-state index is 13.4. The van der Waals surface area contributed by atoms with Gasteiger partial charge in [-0.1, -0.05) is 50.1 Å². The van der Waals surface area contributed by atoms with Crippen molar-refractivity contribution in [3.05, 3.63) is 67.4 Å². The van der Waals surface area contributed by atoms with Crippen LogP contribution in [0.3, 0.4) is 0 Å². The Bertz CT molecular complexity index is 1240. The number of alkyl halides is 4. The number of pyridine rings is 1. The van der Waals surface area contributed by atoms with Crippen LogP contribution in [0, 0.1) is 0 Å². The van der Waals surface area contributed by atoms with E-state index in [1.165, 1.54) is 24.4 Å². The molecule has 0 radical (unpaired) electrons. The maximum Gasteiger partial charge on any atom is 0.435 e. The van der Waals surface area contributed by atoms with Gasteiger partial charge < -0.3 is 10.6 Å². The van der Waals surface area contributed by atoms with Gasteiger partial charge in [-0.05, 0) is 47.1 Å². The molecule has 0 bridgehead atoms. The van der Waals surface area contributed by atoms with Crippen molar-refractivity contribution in [1.29, 1.82) is 0 Å². The van der Waals surface area contributed by atoms with Crippen molar-refractivity contribution in [2.45, 2.75) is 17.1 Å². The summed E-state index contributed by atoms with van der Waals surface area (Å²) in [6.07, 6.45) is -3.52. The standard InChI is InChI=1S/C19H12Br2ClF3IN5O2/c1-8(26)28-17(32)10-5-9(20)6-11(21)15(10)29-18(33)13-7-14(19(23,24)25)30-31(13)16-12(22)3-2-4-27-16/h2-8H,1H3,(H,28,32)(H,29,33). The molecule has 1 unspecified atom stereocenters. The fourth-order valence-corrected chi connectivity index (χ4v) is 4.50. The van der Waals surface area contributed by atoms with Crippen LogP contribution in [0.1, 0.15) is 33.5 Å². The average Bonchev–Trinajstić information content (AvgIpc) is 3.15. The van der Waals surface area contributed by atoms with Gasteiger partial charge in [-0.3, -0.25) is 9.59 Å². The second-order valence-electron chi connectivity index (χ2n) is 6.49. The first-order valence-electron chi connectivity index (χ1n) is 8.92. The highest BCUT2D eigenvalue weighted by Crippen LogP contribution is 2.33. The number of rotatable bonds is 5. The summed E-state index contributed by atoms with van der Waals surface area (Å²) >= 11 is 14.6. The lowest BCUT2D eigenvalue weighted by Gasteiger charge is -2.15. The molecular formula is C19H12Br2ClF3IN5O2. The predicted molar refractivity (Wildman–Crippen MR) is 132 cm³/mol. The predicted octanol–water partition coefficient (Wildman–Crippen LogP) is 6.23. The highest BCUT2D eigenvalue weighted by molar-refractivity contribution is 14.1. The summed E-state index contributed by atoms with van der Waals surface area (Å²) in [5.74, 6) is -1.61. The Labute approximate surface area is 220 Å². The lowest BCUT2D eigenvalue weighted by Crippen LogP contribution is -2.29. The fourth-order valence-electron chi connectivity index (χ4n) is 2.69. The molecule has 7 nitrogen and oxygen atoms in total. The zero-order valence-electron chi connectivity index (χ0n) is 16.3. The van der Waals surface area contributed by atoms with Crippen LogP contribution in [0.5, 0.6) is 0 Å². The number of hydrogen-bond acceptors (Lipinski definition) is 4. The molecule has 2 N–H and O–H groups in total. The number of anilines is 1. The minimum absolute atomic E-state index is 0.00991. The fraction of sp³-hybridized carbons (Fsp3) is 0.158. The molecule has 14 heteroatoms. The molecule has 0 saturated heterocycles. The van der Waals surface area contributed by atoms with E-state index in [2.05, 4.69) is 52.6 Å². The summed E-state index contributed by atoms with van der Waals surface area (Å²) in [5.41, 5.74) is -1.63. The first-order chi connectivity index (χ1) is 15.4. The Hall–Kier alpha value is -1.71. The molecule has 174 valence electrons. The number of aromatic nitrogens is 3. The number of nitrogens with zero attached hydrogens (tertiary/aromatic N) is 3. The molecule has 1 atom stereocenters. The molecule has 2 heterocycles. The number of benzene rings is 1. The first-order valence-corrected chi connectivity index (χ1v) is 12.1. The maximum atomic E-state index is 13.4. The SMILES string of the molecule is CC(I)NC(=O)c1cc(Br)cc(Br)c1NC(=O)c1cc(C(F)(F)F)nn1-c1ncccc1Cl. The van der Waals surface area contributed by atoms with E-state index in [0.29, 0.717) is 19.7 Å². The van der Waals surface area contributed by atoms with Crippen molar-refractivity contribution in [2.24, 2.45) is 0 Å². The lowest BCUT2D eigenvalue weighted by atomic mass is 10.1. The molecule has 2 aromatic heterocycles.